The first-order valence-electron chi connectivity index (χ1n) is 5.52. The minimum atomic E-state index is 0.278. The van der Waals surface area contributed by atoms with Crippen molar-refractivity contribution in [3.8, 4) is 0 Å². The molecule has 0 aliphatic carbocycles. The Labute approximate surface area is 114 Å². The smallest absolute Gasteiger partial charge is 0.0579 e. The van der Waals surface area contributed by atoms with Gasteiger partial charge in [-0.15, -0.1) is 11.3 Å². The van der Waals surface area contributed by atoms with Crippen LogP contribution in [0.2, 0.25) is 0 Å². The fraction of sp³-hybridized carbons (Fsp3) is 0.308. The standard InChI is InChI=1S/C13H15BrN2S/c1-9-3-4-16-13(5-9)12(15-2)7-11-6-10(14)8-17-11/h3-6,8,12,15H,7H2,1-2H3. The van der Waals surface area contributed by atoms with Gasteiger partial charge >= 0.3 is 0 Å². The molecule has 2 aromatic heterocycles. The fourth-order valence-corrected chi connectivity index (χ4v) is 3.26. The lowest BCUT2D eigenvalue weighted by Crippen LogP contribution is -2.19. The monoisotopic (exact) mass is 310 g/mol. The summed E-state index contributed by atoms with van der Waals surface area (Å²) < 4.78 is 1.16. The lowest BCUT2D eigenvalue weighted by molar-refractivity contribution is 0.579. The van der Waals surface area contributed by atoms with Crippen LogP contribution in [0.25, 0.3) is 0 Å². The maximum Gasteiger partial charge on any atom is 0.0579 e. The molecule has 0 aliphatic rings. The molecular weight excluding hydrogens is 296 g/mol. The second-order valence-corrected chi connectivity index (χ2v) is 5.95. The van der Waals surface area contributed by atoms with Crippen LogP contribution >= 0.6 is 27.3 Å². The topological polar surface area (TPSA) is 24.9 Å². The molecule has 1 unspecified atom stereocenters. The molecule has 0 saturated heterocycles. The Morgan fingerprint density at radius 2 is 2.29 bits per heavy atom. The summed E-state index contributed by atoms with van der Waals surface area (Å²) >= 11 is 5.26. The number of likely N-dealkylation sites (N-methyl/N-ethyl adjacent to an activating group) is 1. The predicted octanol–water partition coefficient (Wildman–Crippen LogP) is 3.72. The fourth-order valence-electron chi connectivity index (χ4n) is 1.77. The first kappa shape index (κ1) is 12.7. The third-order valence-electron chi connectivity index (χ3n) is 2.67. The van der Waals surface area contributed by atoms with E-state index in [9.17, 15) is 0 Å². The van der Waals surface area contributed by atoms with Gasteiger partial charge < -0.3 is 5.32 Å². The van der Waals surface area contributed by atoms with Crippen LogP contribution < -0.4 is 5.32 Å². The largest absolute Gasteiger partial charge is 0.311 e. The number of rotatable bonds is 4. The van der Waals surface area contributed by atoms with Crippen molar-refractivity contribution in [1.82, 2.24) is 10.3 Å². The molecule has 0 amide bonds. The second-order valence-electron chi connectivity index (χ2n) is 4.03. The van der Waals surface area contributed by atoms with E-state index in [4.69, 9.17) is 0 Å². The van der Waals surface area contributed by atoms with Gasteiger partial charge in [-0.25, -0.2) is 0 Å². The minimum Gasteiger partial charge on any atom is -0.311 e. The van der Waals surface area contributed by atoms with Crippen LogP contribution in [0.15, 0.2) is 34.2 Å². The molecule has 0 aromatic carbocycles. The van der Waals surface area contributed by atoms with E-state index in [1.165, 1.54) is 10.4 Å². The molecule has 90 valence electrons. The SMILES string of the molecule is CNC(Cc1cc(Br)cs1)c1cc(C)ccn1. The van der Waals surface area contributed by atoms with Crippen molar-refractivity contribution in [2.75, 3.05) is 7.05 Å². The van der Waals surface area contributed by atoms with E-state index in [1.807, 2.05) is 19.3 Å². The van der Waals surface area contributed by atoms with Gasteiger partial charge in [0.25, 0.3) is 0 Å². The maximum absolute atomic E-state index is 4.44. The third-order valence-corrected chi connectivity index (χ3v) is 4.39. The first-order valence-corrected chi connectivity index (χ1v) is 7.19. The summed E-state index contributed by atoms with van der Waals surface area (Å²) in [6.07, 6.45) is 2.85. The van der Waals surface area contributed by atoms with Gasteiger partial charge in [0.2, 0.25) is 0 Å². The average Bonchev–Trinajstić information content (AvgIpc) is 2.72. The molecule has 1 N–H and O–H groups in total. The Morgan fingerprint density at radius 1 is 1.47 bits per heavy atom. The summed E-state index contributed by atoms with van der Waals surface area (Å²) in [5.41, 5.74) is 2.36. The van der Waals surface area contributed by atoms with E-state index < -0.39 is 0 Å². The van der Waals surface area contributed by atoms with E-state index >= 15 is 0 Å². The number of hydrogen-bond acceptors (Lipinski definition) is 3. The predicted molar refractivity (Wildman–Crippen MR) is 76.5 cm³/mol. The van der Waals surface area contributed by atoms with Crippen LogP contribution in [0.5, 0.6) is 0 Å². The Morgan fingerprint density at radius 3 is 2.88 bits per heavy atom. The van der Waals surface area contributed by atoms with Gasteiger partial charge in [0.05, 0.1) is 11.7 Å². The van der Waals surface area contributed by atoms with Crippen molar-refractivity contribution in [2.24, 2.45) is 0 Å². The van der Waals surface area contributed by atoms with Gasteiger partial charge in [0, 0.05) is 27.3 Å². The molecule has 0 bridgehead atoms. The highest BCUT2D eigenvalue weighted by Gasteiger charge is 2.12. The molecule has 0 fully saturated rings. The molecule has 1 atom stereocenters. The van der Waals surface area contributed by atoms with Gasteiger partial charge in [-0.2, -0.15) is 0 Å². The Kier molecular flexibility index (Phi) is 4.31. The summed E-state index contributed by atoms with van der Waals surface area (Å²) in [6.45, 7) is 2.10. The summed E-state index contributed by atoms with van der Waals surface area (Å²) in [4.78, 5) is 5.80. The zero-order valence-corrected chi connectivity index (χ0v) is 12.3. The van der Waals surface area contributed by atoms with E-state index in [-0.39, 0.29) is 6.04 Å². The van der Waals surface area contributed by atoms with Crippen molar-refractivity contribution in [2.45, 2.75) is 19.4 Å². The summed E-state index contributed by atoms with van der Waals surface area (Å²) in [6, 6.07) is 6.62. The van der Waals surface area contributed by atoms with Gasteiger partial charge in [0.1, 0.15) is 0 Å². The number of hydrogen-bond donors (Lipinski definition) is 1. The molecule has 2 rings (SSSR count). The molecule has 4 heteroatoms. The number of halogens is 1. The van der Waals surface area contributed by atoms with Crippen molar-refractivity contribution in [1.29, 1.82) is 0 Å². The molecule has 17 heavy (non-hydrogen) atoms. The molecule has 0 radical (unpaired) electrons. The van der Waals surface area contributed by atoms with Gasteiger partial charge in [-0.05, 0) is 53.7 Å². The van der Waals surface area contributed by atoms with Crippen LogP contribution in [0.3, 0.4) is 0 Å². The zero-order valence-electron chi connectivity index (χ0n) is 9.90. The number of aromatic nitrogens is 1. The molecule has 0 saturated carbocycles. The van der Waals surface area contributed by atoms with E-state index in [2.05, 4.69) is 50.7 Å². The number of nitrogens with zero attached hydrogens (tertiary/aromatic N) is 1. The van der Waals surface area contributed by atoms with Crippen molar-refractivity contribution >= 4 is 27.3 Å². The molecule has 0 spiro atoms. The van der Waals surface area contributed by atoms with Crippen LogP contribution in [-0.2, 0) is 6.42 Å². The Hall–Kier alpha value is -0.710. The summed E-state index contributed by atoms with van der Waals surface area (Å²) in [7, 11) is 1.98. The number of thiophene rings is 1. The van der Waals surface area contributed by atoms with Gasteiger partial charge in [-0.3, -0.25) is 4.98 Å². The quantitative estimate of drug-likeness (QED) is 0.931. The summed E-state index contributed by atoms with van der Waals surface area (Å²) in [5.74, 6) is 0. The third kappa shape index (κ3) is 3.37. The maximum atomic E-state index is 4.44. The van der Waals surface area contributed by atoms with Gasteiger partial charge in [0.15, 0.2) is 0 Å². The first-order chi connectivity index (χ1) is 8.19. The summed E-state index contributed by atoms with van der Waals surface area (Å²) in [5, 5.41) is 5.45. The van der Waals surface area contributed by atoms with E-state index in [0.29, 0.717) is 0 Å². The minimum absolute atomic E-state index is 0.278. The van der Waals surface area contributed by atoms with Crippen LogP contribution in [0.1, 0.15) is 22.2 Å². The van der Waals surface area contributed by atoms with E-state index in [0.717, 1.165) is 16.6 Å². The molecule has 0 aliphatic heterocycles. The number of pyridine rings is 1. The molecule has 2 nitrogen and oxygen atoms in total. The second kappa shape index (κ2) is 5.76. The molecule has 2 heterocycles. The zero-order chi connectivity index (χ0) is 12.3. The van der Waals surface area contributed by atoms with Crippen molar-refractivity contribution < 1.29 is 0 Å². The lowest BCUT2D eigenvalue weighted by Gasteiger charge is -2.15. The number of aryl methyl sites for hydroxylation is 1. The van der Waals surface area contributed by atoms with Crippen LogP contribution in [0, 0.1) is 6.92 Å². The molecular formula is C13H15BrN2S. The number of nitrogens with one attached hydrogen (secondary N) is 1. The van der Waals surface area contributed by atoms with Crippen LogP contribution in [0.4, 0.5) is 0 Å². The highest BCUT2D eigenvalue weighted by molar-refractivity contribution is 9.10. The van der Waals surface area contributed by atoms with Crippen molar-refractivity contribution in [3.63, 3.8) is 0 Å². The molecule has 2 aromatic rings. The van der Waals surface area contributed by atoms with E-state index in [1.54, 1.807) is 11.3 Å². The van der Waals surface area contributed by atoms with Crippen LogP contribution in [-0.4, -0.2) is 12.0 Å². The average molecular weight is 311 g/mol. The lowest BCUT2D eigenvalue weighted by atomic mass is 10.1. The Bertz CT molecular complexity index is 496. The van der Waals surface area contributed by atoms with Crippen molar-refractivity contribution in [3.05, 3.63) is 50.4 Å². The highest BCUT2D eigenvalue weighted by atomic mass is 79.9. The van der Waals surface area contributed by atoms with Gasteiger partial charge in [-0.1, -0.05) is 0 Å². The highest BCUT2D eigenvalue weighted by Crippen LogP contribution is 2.24. The normalized spacial score (nSPS) is 12.6. The Balaban J connectivity index is 2.16.